The number of amides is 3. The zero-order valence-electron chi connectivity index (χ0n) is 19.9. The maximum atomic E-state index is 13.8. The molecule has 1 fully saturated rings. The van der Waals surface area contributed by atoms with E-state index in [0.717, 1.165) is 5.56 Å². The minimum atomic E-state index is -0.741. The average molecular weight is 521 g/mol. The molecular formula is C26H22ClFN6O3. The number of aromatic nitrogens is 2. The summed E-state index contributed by atoms with van der Waals surface area (Å²) < 4.78 is 15.5. The second kappa shape index (κ2) is 9.01. The van der Waals surface area contributed by atoms with Crippen molar-refractivity contribution in [2.45, 2.75) is 25.4 Å². The molecule has 1 saturated heterocycles. The van der Waals surface area contributed by atoms with Crippen LogP contribution in [-0.2, 0) is 28.1 Å². The molecule has 0 atom stereocenters. The Balaban J connectivity index is 1.56. The molecule has 0 radical (unpaired) electrons. The second-order valence-electron chi connectivity index (χ2n) is 9.38. The number of rotatable bonds is 4. The van der Waals surface area contributed by atoms with Gasteiger partial charge in [-0.25, -0.2) is 9.24 Å². The second-order valence-corrected chi connectivity index (χ2v) is 9.79. The molecule has 0 unspecified atom stereocenters. The van der Waals surface area contributed by atoms with Gasteiger partial charge in [0.1, 0.15) is 17.1 Å². The molecule has 9 nitrogen and oxygen atoms in total. The maximum Gasteiger partial charge on any atom is 0.252 e. The van der Waals surface area contributed by atoms with Gasteiger partial charge in [-0.1, -0.05) is 35.9 Å². The molecule has 0 aliphatic carbocycles. The average Bonchev–Trinajstić information content (AvgIpc) is 3.24. The number of carbonyl (C=O) groups is 3. The van der Waals surface area contributed by atoms with Crippen LogP contribution in [0.2, 0.25) is 5.02 Å². The number of benzene rings is 2. The minimum absolute atomic E-state index is 0.0843. The van der Waals surface area contributed by atoms with E-state index in [-0.39, 0.29) is 47.6 Å². The van der Waals surface area contributed by atoms with Crippen LogP contribution >= 0.6 is 11.6 Å². The number of likely N-dealkylation sites (tertiary alicyclic amines) is 1. The molecule has 188 valence electrons. The SMILES string of the molecule is [C-]#[N+]c1ccc(CC(=O)N2Cc3c(C(N)=O)c(-c4ccc(F)c(Cl)c4)nn3C3(CN(C(C)=O)C3)C2)cc1. The van der Waals surface area contributed by atoms with Gasteiger partial charge in [-0.2, -0.15) is 5.10 Å². The highest BCUT2D eigenvalue weighted by Gasteiger charge is 2.52. The van der Waals surface area contributed by atoms with Crippen LogP contribution < -0.4 is 5.73 Å². The Kier molecular flexibility index (Phi) is 5.96. The lowest BCUT2D eigenvalue weighted by molar-refractivity contribution is -0.147. The zero-order valence-corrected chi connectivity index (χ0v) is 20.6. The molecule has 3 heterocycles. The molecule has 2 N–H and O–H groups in total. The van der Waals surface area contributed by atoms with E-state index < -0.39 is 17.3 Å². The highest BCUT2D eigenvalue weighted by atomic mass is 35.5. The van der Waals surface area contributed by atoms with E-state index in [9.17, 15) is 18.8 Å². The van der Waals surface area contributed by atoms with Crippen LogP contribution in [-0.4, -0.2) is 56.9 Å². The fraction of sp³-hybridized carbons (Fsp3) is 0.269. The van der Waals surface area contributed by atoms with E-state index in [1.54, 1.807) is 38.7 Å². The van der Waals surface area contributed by atoms with Gasteiger partial charge in [0.2, 0.25) is 11.8 Å². The van der Waals surface area contributed by atoms with Crippen LogP contribution in [0.3, 0.4) is 0 Å². The monoisotopic (exact) mass is 520 g/mol. The fourth-order valence-electron chi connectivity index (χ4n) is 5.03. The van der Waals surface area contributed by atoms with Crippen LogP contribution in [0.4, 0.5) is 10.1 Å². The number of nitrogens with two attached hydrogens (primary N) is 1. The lowest BCUT2D eigenvalue weighted by atomic mass is 9.86. The Morgan fingerprint density at radius 3 is 2.41 bits per heavy atom. The van der Waals surface area contributed by atoms with Gasteiger partial charge in [0.15, 0.2) is 5.69 Å². The van der Waals surface area contributed by atoms with Gasteiger partial charge in [-0.3, -0.25) is 19.1 Å². The van der Waals surface area contributed by atoms with Crippen molar-refractivity contribution in [1.82, 2.24) is 19.6 Å². The number of carbonyl (C=O) groups excluding carboxylic acids is 3. The molecule has 0 saturated carbocycles. The van der Waals surface area contributed by atoms with Crippen LogP contribution in [0, 0.1) is 12.4 Å². The van der Waals surface area contributed by atoms with E-state index in [0.29, 0.717) is 30.0 Å². The maximum absolute atomic E-state index is 13.8. The van der Waals surface area contributed by atoms with Crippen molar-refractivity contribution in [2.75, 3.05) is 19.6 Å². The predicted molar refractivity (Wildman–Crippen MR) is 133 cm³/mol. The van der Waals surface area contributed by atoms with Crippen LogP contribution in [0.15, 0.2) is 42.5 Å². The number of primary amides is 1. The Hall–Kier alpha value is -4.23. The molecule has 2 aromatic carbocycles. The Morgan fingerprint density at radius 1 is 1.14 bits per heavy atom. The number of halogens is 2. The summed E-state index contributed by atoms with van der Waals surface area (Å²) in [6.45, 7) is 9.55. The lowest BCUT2D eigenvalue weighted by Gasteiger charge is -2.54. The molecule has 0 bridgehead atoms. The molecule has 3 amide bonds. The van der Waals surface area contributed by atoms with Gasteiger partial charge in [-0.05, 0) is 23.8 Å². The third kappa shape index (κ3) is 4.21. The van der Waals surface area contributed by atoms with E-state index in [1.807, 2.05) is 0 Å². The summed E-state index contributed by atoms with van der Waals surface area (Å²) in [5, 5.41) is 4.59. The summed E-state index contributed by atoms with van der Waals surface area (Å²) >= 11 is 5.99. The number of hydrogen-bond acceptors (Lipinski definition) is 4. The first kappa shape index (κ1) is 24.5. The van der Waals surface area contributed by atoms with E-state index in [1.165, 1.54) is 25.1 Å². The predicted octanol–water partition coefficient (Wildman–Crippen LogP) is 3.13. The summed E-state index contributed by atoms with van der Waals surface area (Å²) in [4.78, 5) is 44.7. The zero-order chi connectivity index (χ0) is 26.5. The Labute approximate surface area is 217 Å². The van der Waals surface area contributed by atoms with Crippen molar-refractivity contribution in [1.29, 1.82) is 0 Å². The smallest absolute Gasteiger partial charge is 0.252 e. The fourth-order valence-corrected chi connectivity index (χ4v) is 5.21. The normalized spacial score (nSPS) is 15.6. The summed E-state index contributed by atoms with van der Waals surface area (Å²) in [5.41, 5.74) is 7.52. The standard InChI is InChI=1S/C26H22ClFN6O3/c1-15(35)33-13-26(14-33)12-32(22(36)9-16-3-6-18(30-2)7-4-16)11-21-23(25(29)37)24(31-34(21)26)17-5-8-20(28)19(27)10-17/h3-8,10H,9,11-14H2,1H3,(H2,29,37). The summed E-state index contributed by atoms with van der Waals surface area (Å²) in [6, 6.07) is 10.8. The Morgan fingerprint density at radius 2 is 1.81 bits per heavy atom. The van der Waals surface area contributed by atoms with Gasteiger partial charge in [0.25, 0.3) is 5.91 Å². The van der Waals surface area contributed by atoms with Crippen LogP contribution in [0.1, 0.15) is 28.5 Å². The highest BCUT2D eigenvalue weighted by Crippen LogP contribution is 2.40. The summed E-state index contributed by atoms with van der Waals surface area (Å²) in [7, 11) is 0. The van der Waals surface area contributed by atoms with Crippen molar-refractivity contribution >= 4 is 35.0 Å². The van der Waals surface area contributed by atoms with E-state index in [4.69, 9.17) is 29.0 Å². The largest absolute Gasteiger partial charge is 0.365 e. The molecule has 5 rings (SSSR count). The van der Waals surface area contributed by atoms with Gasteiger partial charge in [0, 0.05) is 32.1 Å². The molecule has 3 aromatic rings. The van der Waals surface area contributed by atoms with E-state index in [2.05, 4.69) is 4.85 Å². The molecular weight excluding hydrogens is 499 g/mol. The van der Waals surface area contributed by atoms with E-state index >= 15 is 0 Å². The van der Waals surface area contributed by atoms with Gasteiger partial charge >= 0.3 is 0 Å². The van der Waals surface area contributed by atoms with Gasteiger partial charge in [-0.15, -0.1) is 0 Å². The summed E-state index contributed by atoms with van der Waals surface area (Å²) in [6.07, 6.45) is 0.102. The van der Waals surface area contributed by atoms with Gasteiger partial charge < -0.3 is 15.5 Å². The van der Waals surface area contributed by atoms with Crippen molar-refractivity contribution < 1.29 is 18.8 Å². The van der Waals surface area contributed by atoms with Crippen LogP contribution in [0.25, 0.3) is 16.1 Å². The molecule has 11 heteroatoms. The molecule has 1 aromatic heterocycles. The third-order valence-corrected chi connectivity index (χ3v) is 7.17. The first-order valence-corrected chi connectivity index (χ1v) is 11.9. The van der Waals surface area contributed by atoms with Crippen molar-refractivity contribution in [2.24, 2.45) is 5.73 Å². The number of fused-ring (bicyclic) bond motifs is 2. The first-order chi connectivity index (χ1) is 17.6. The van der Waals surface area contributed by atoms with Gasteiger partial charge in [0.05, 0.1) is 35.8 Å². The minimum Gasteiger partial charge on any atom is -0.365 e. The molecule has 2 aliphatic heterocycles. The quantitative estimate of drug-likeness (QED) is 0.533. The van der Waals surface area contributed by atoms with Crippen molar-refractivity contribution in [3.63, 3.8) is 0 Å². The molecule has 37 heavy (non-hydrogen) atoms. The number of nitrogens with zero attached hydrogens (tertiary/aromatic N) is 5. The third-order valence-electron chi connectivity index (χ3n) is 6.88. The topological polar surface area (TPSA) is 106 Å². The molecule has 2 aliphatic rings. The highest BCUT2D eigenvalue weighted by molar-refractivity contribution is 6.31. The molecule has 1 spiro atoms. The summed E-state index contributed by atoms with van der Waals surface area (Å²) in [5.74, 6) is -1.63. The van der Waals surface area contributed by atoms with Crippen molar-refractivity contribution in [3.8, 4) is 11.3 Å². The first-order valence-electron chi connectivity index (χ1n) is 11.5. The lowest BCUT2D eigenvalue weighted by Crippen LogP contribution is -2.70. The van der Waals surface area contributed by atoms with Crippen LogP contribution in [0.5, 0.6) is 0 Å². The van der Waals surface area contributed by atoms with Crippen molar-refractivity contribution in [3.05, 3.63) is 81.5 Å². The number of hydrogen-bond donors (Lipinski definition) is 1. The Bertz CT molecular complexity index is 1490.